The van der Waals surface area contributed by atoms with Crippen LogP contribution in [0.5, 0.6) is 0 Å². The van der Waals surface area contributed by atoms with Crippen molar-refractivity contribution >= 4 is 46.1 Å². The summed E-state index contributed by atoms with van der Waals surface area (Å²) in [6.45, 7) is 2.17. The average molecular weight is 304 g/mol. The second-order valence-corrected chi connectivity index (χ2v) is 5.85. The lowest BCUT2D eigenvalue weighted by Crippen LogP contribution is -2.10. The van der Waals surface area contributed by atoms with Gasteiger partial charge in [-0.25, -0.2) is 9.97 Å². The molecule has 0 aromatic carbocycles. The van der Waals surface area contributed by atoms with Crippen LogP contribution in [0.2, 0.25) is 5.02 Å². The fourth-order valence-electron chi connectivity index (χ4n) is 1.98. The number of aromatic nitrogens is 3. The highest BCUT2D eigenvalue weighted by atomic mass is 35.5. The Balaban J connectivity index is 2.46. The van der Waals surface area contributed by atoms with E-state index in [0.29, 0.717) is 16.9 Å². The van der Waals surface area contributed by atoms with Crippen molar-refractivity contribution in [3.63, 3.8) is 0 Å². The van der Waals surface area contributed by atoms with Gasteiger partial charge >= 0.3 is 0 Å². The molecule has 1 atom stereocenters. The third-order valence-electron chi connectivity index (χ3n) is 2.87. The molecule has 2 heterocycles. The van der Waals surface area contributed by atoms with Crippen molar-refractivity contribution in [1.82, 2.24) is 14.5 Å². The zero-order valence-corrected chi connectivity index (χ0v) is 12.7. The number of hydrogen-bond acceptors (Lipinski definition) is 3. The molecule has 0 amide bonds. The normalized spacial score (nSPS) is 13.1. The molecule has 0 bridgehead atoms. The summed E-state index contributed by atoms with van der Waals surface area (Å²) in [5, 5.41) is 0.602. The number of rotatable bonds is 5. The zero-order valence-electron chi connectivity index (χ0n) is 10.4. The van der Waals surface area contributed by atoms with Gasteiger partial charge in [0.25, 0.3) is 0 Å². The Kier molecular flexibility index (Phi) is 4.76. The Labute approximate surface area is 121 Å². The van der Waals surface area contributed by atoms with Crippen LogP contribution in [0.4, 0.5) is 0 Å². The molecule has 0 aliphatic rings. The molecule has 2 rings (SSSR count). The Hall–Kier alpha value is -0.450. The summed E-state index contributed by atoms with van der Waals surface area (Å²) in [6.07, 6.45) is 4.83. The van der Waals surface area contributed by atoms with Crippen molar-refractivity contribution in [3.05, 3.63) is 23.1 Å². The molecule has 0 radical (unpaired) electrons. The Bertz CT molecular complexity index is 541. The number of fused-ring (bicyclic) bond motifs is 1. The number of nitrogens with zero attached hydrogens (tertiary/aromatic N) is 3. The summed E-state index contributed by atoms with van der Waals surface area (Å²) in [7, 11) is 0. The first-order valence-corrected chi connectivity index (χ1v) is 8.05. The van der Waals surface area contributed by atoms with Gasteiger partial charge in [0.2, 0.25) is 0 Å². The standard InChI is InChI=1S/C12H15Cl2N3S/c1-8(3-4-18-2)17-11(6-13)16-10-5-9(14)7-15-12(10)17/h5,7-8H,3-4,6H2,1-2H3. The fraction of sp³-hybridized carbons (Fsp3) is 0.500. The first-order valence-electron chi connectivity index (χ1n) is 5.74. The monoisotopic (exact) mass is 303 g/mol. The van der Waals surface area contributed by atoms with Gasteiger partial charge < -0.3 is 4.57 Å². The van der Waals surface area contributed by atoms with Gasteiger partial charge in [-0.1, -0.05) is 11.6 Å². The molecule has 6 heteroatoms. The largest absolute Gasteiger partial charge is 0.309 e. The van der Waals surface area contributed by atoms with Gasteiger partial charge in [-0.15, -0.1) is 11.6 Å². The molecule has 2 aromatic rings. The van der Waals surface area contributed by atoms with Gasteiger partial charge in [0, 0.05) is 12.2 Å². The number of imidazole rings is 1. The van der Waals surface area contributed by atoms with E-state index in [4.69, 9.17) is 23.2 Å². The predicted octanol–water partition coefficient (Wildman–Crippen LogP) is 4.14. The van der Waals surface area contributed by atoms with Crippen LogP contribution in [0.1, 0.15) is 25.2 Å². The van der Waals surface area contributed by atoms with Crippen molar-refractivity contribution in [3.8, 4) is 0 Å². The topological polar surface area (TPSA) is 30.7 Å². The van der Waals surface area contributed by atoms with E-state index in [1.165, 1.54) is 0 Å². The highest BCUT2D eigenvalue weighted by Crippen LogP contribution is 2.25. The summed E-state index contributed by atoms with van der Waals surface area (Å²) in [6, 6.07) is 2.17. The molecule has 0 aliphatic heterocycles. The van der Waals surface area contributed by atoms with Crippen LogP contribution >= 0.6 is 35.0 Å². The maximum absolute atomic E-state index is 5.97. The van der Waals surface area contributed by atoms with Crippen LogP contribution in [0.25, 0.3) is 11.2 Å². The third kappa shape index (κ3) is 2.76. The van der Waals surface area contributed by atoms with Crippen molar-refractivity contribution in [2.24, 2.45) is 0 Å². The molecule has 18 heavy (non-hydrogen) atoms. The predicted molar refractivity (Wildman–Crippen MR) is 79.8 cm³/mol. The Morgan fingerprint density at radius 1 is 1.50 bits per heavy atom. The van der Waals surface area contributed by atoms with E-state index < -0.39 is 0 Å². The minimum atomic E-state index is 0.338. The van der Waals surface area contributed by atoms with Gasteiger partial charge in [-0.2, -0.15) is 11.8 Å². The number of hydrogen-bond donors (Lipinski definition) is 0. The number of halogens is 2. The molecule has 3 nitrogen and oxygen atoms in total. The smallest absolute Gasteiger partial charge is 0.160 e. The third-order valence-corrected chi connectivity index (χ3v) is 3.96. The molecule has 98 valence electrons. The first-order chi connectivity index (χ1) is 8.67. The van der Waals surface area contributed by atoms with Crippen LogP contribution in [0, 0.1) is 0 Å². The second kappa shape index (κ2) is 6.13. The molecule has 2 aromatic heterocycles. The lowest BCUT2D eigenvalue weighted by Gasteiger charge is -2.15. The molecule has 0 saturated heterocycles. The minimum Gasteiger partial charge on any atom is -0.309 e. The van der Waals surface area contributed by atoms with Crippen LogP contribution in [0.15, 0.2) is 12.3 Å². The SMILES string of the molecule is CSCCC(C)n1c(CCl)nc2cc(Cl)cnc21. The van der Waals surface area contributed by atoms with E-state index in [1.807, 2.05) is 17.8 Å². The van der Waals surface area contributed by atoms with Gasteiger partial charge in [0.05, 0.1) is 10.9 Å². The van der Waals surface area contributed by atoms with Crippen LogP contribution in [-0.2, 0) is 5.88 Å². The van der Waals surface area contributed by atoms with Crippen molar-refractivity contribution in [2.75, 3.05) is 12.0 Å². The van der Waals surface area contributed by atoms with E-state index in [1.54, 1.807) is 6.20 Å². The summed E-state index contributed by atoms with van der Waals surface area (Å²) in [5.41, 5.74) is 1.68. The molecular weight excluding hydrogens is 289 g/mol. The van der Waals surface area contributed by atoms with Gasteiger partial charge in [-0.05, 0) is 31.4 Å². The van der Waals surface area contributed by atoms with Gasteiger partial charge in [0.15, 0.2) is 5.65 Å². The van der Waals surface area contributed by atoms with E-state index in [0.717, 1.165) is 29.2 Å². The first kappa shape index (κ1) is 14.0. The molecule has 0 saturated carbocycles. The molecular formula is C12H15Cl2N3S. The molecule has 1 unspecified atom stereocenters. The van der Waals surface area contributed by atoms with Crippen molar-refractivity contribution in [1.29, 1.82) is 0 Å². The van der Waals surface area contributed by atoms with Crippen LogP contribution < -0.4 is 0 Å². The van der Waals surface area contributed by atoms with Crippen LogP contribution in [-0.4, -0.2) is 26.5 Å². The number of thioether (sulfide) groups is 1. The maximum Gasteiger partial charge on any atom is 0.160 e. The van der Waals surface area contributed by atoms with E-state index in [-0.39, 0.29) is 0 Å². The van der Waals surface area contributed by atoms with E-state index >= 15 is 0 Å². The number of pyridine rings is 1. The average Bonchev–Trinajstić information content (AvgIpc) is 2.73. The molecule has 0 fully saturated rings. The Morgan fingerprint density at radius 3 is 2.94 bits per heavy atom. The lowest BCUT2D eigenvalue weighted by molar-refractivity contribution is 0.530. The minimum absolute atomic E-state index is 0.338. The van der Waals surface area contributed by atoms with Crippen molar-refractivity contribution in [2.45, 2.75) is 25.3 Å². The summed E-state index contributed by atoms with van der Waals surface area (Å²) in [4.78, 5) is 8.88. The summed E-state index contributed by atoms with van der Waals surface area (Å²) < 4.78 is 2.12. The summed E-state index contributed by atoms with van der Waals surface area (Å²) in [5.74, 6) is 2.35. The fourth-order valence-corrected chi connectivity index (χ4v) is 2.90. The molecule has 0 N–H and O–H groups in total. The quantitative estimate of drug-likeness (QED) is 0.778. The van der Waals surface area contributed by atoms with E-state index in [2.05, 4.69) is 27.7 Å². The van der Waals surface area contributed by atoms with Gasteiger partial charge in [-0.3, -0.25) is 0 Å². The highest BCUT2D eigenvalue weighted by Gasteiger charge is 2.16. The number of alkyl halides is 1. The van der Waals surface area contributed by atoms with Gasteiger partial charge in [0.1, 0.15) is 11.3 Å². The Morgan fingerprint density at radius 2 is 2.28 bits per heavy atom. The second-order valence-electron chi connectivity index (χ2n) is 4.16. The molecule has 0 aliphatic carbocycles. The lowest BCUT2D eigenvalue weighted by atomic mass is 10.2. The highest BCUT2D eigenvalue weighted by molar-refractivity contribution is 7.98. The van der Waals surface area contributed by atoms with Crippen molar-refractivity contribution < 1.29 is 0 Å². The van der Waals surface area contributed by atoms with E-state index in [9.17, 15) is 0 Å². The summed E-state index contributed by atoms with van der Waals surface area (Å²) >= 11 is 13.8. The van der Waals surface area contributed by atoms with Crippen LogP contribution in [0.3, 0.4) is 0 Å². The zero-order chi connectivity index (χ0) is 13.1. The molecule has 0 spiro atoms. The maximum atomic E-state index is 5.97.